The monoisotopic (exact) mass is 366 g/mol. The molecule has 7 heteroatoms. The van der Waals surface area contributed by atoms with Crippen LogP contribution < -0.4 is 0 Å². The van der Waals surface area contributed by atoms with Gasteiger partial charge in [0.25, 0.3) is 0 Å². The molecule has 0 aromatic carbocycles. The number of Topliss-reactive ketones (excluding diaryl/α,β-unsaturated/α-hetero) is 1. The fourth-order valence-corrected chi connectivity index (χ4v) is 4.05. The quantitative estimate of drug-likeness (QED) is 0.495. The van der Waals surface area contributed by atoms with Gasteiger partial charge in [0.1, 0.15) is 16.1 Å². The fourth-order valence-electron chi connectivity index (χ4n) is 2.25. The lowest BCUT2D eigenvalue weighted by molar-refractivity contribution is 0.101. The summed E-state index contributed by atoms with van der Waals surface area (Å²) in [6.45, 7) is 3.26. The molecule has 124 valence electrons. The van der Waals surface area contributed by atoms with Gasteiger partial charge in [-0.05, 0) is 32.0 Å². The molecule has 0 N–H and O–H groups in total. The highest BCUT2D eigenvalue weighted by Gasteiger charge is 2.13. The Bertz CT molecular complexity index is 961. The van der Waals surface area contributed by atoms with Gasteiger partial charge in [-0.3, -0.25) is 9.78 Å². The molecule has 0 atom stereocenters. The summed E-state index contributed by atoms with van der Waals surface area (Å²) in [6.07, 6.45) is 1.74. The van der Waals surface area contributed by atoms with Gasteiger partial charge < -0.3 is 0 Å². The Balaban J connectivity index is 1.78. The number of hydrogen-bond acceptors (Lipinski definition) is 7. The van der Waals surface area contributed by atoms with Crippen molar-refractivity contribution in [2.75, 3.05) is 0 Å². The van der Waals surface area contributed by atoms with Crippen molar-refractivity contribution >= 4 is 28.9 Å². The van der Waals surface area contributed by atoms with Crippen molar-refractivity contribution in [2.24, 2.45) is 0 Å². The summed E-state index contributed by atoms with van der Waals surface area (Å²) < 4.78 is 0. The molecular weight excluding hydrogens is 352 g/mol. The van der Waals surface area contributed by atoms with Crippen LogP contribution in [0.5, 0.6) is 0 Å². The molecule has 0 radical (unpaired) electrons. The molecule has 0 aliphatic rings. The fraction of sp³-hybridized carbons (Fsp3) is 0.167. The molecule has 0 spiro atoms. The first-order chi connectivity index (χ1) is 12.1. The molecule has 0 saturated heterocycles. The van der Waals surface area contributed by atoms with Gasteiger partial charge in [0.15, 0.2) is 5.78 Å². The molecular formula is C18H14N4OS2. The number of aryl methyl sites for hydroxylation is 1. The molecule has 0 unspecified atom stereocenters. The van der Waals surface area contributed by atoms with E-state index in [0.29, 0.717) is 27.6 Å². The van der Waals surface area contributed by atoms with E-state index in [9.17, 15) is 10.1 Å². The third-order valence-corrected chi connectivity index (χ3v) is 5.41. The number of rotatable bonds is 5. The van der Waals surface area contributed by atoms with Gasteiger partial charge in [-0.1, -0.05) is 17.8 Å². The maximum Gasteiger partial charge on any atom is 0.161 e. The van der Waals surface area contributed by atoms with Gasteiger partial charge >= 0.3 is 0 Å². The van der Waals surface area contributed by atoms with Crippen molar-refractivity contribution < 1.29 is 4.79 Å². The van der Waals surface area contributed by atoms with E-state index in [0.717, 1.165) is 16.4 Å². The Labute approximate surface area is 153 Å². The van der Waals surface area contributed by atoms with E-state index in [1.807, 2.05) is 23.6 Å². The van der Waals surface area contributed by atoms with Crippen LogP contribution in [0.4, 0.5) is 0 Å². The summed E-state index contributed by atoms with van der Waals surface area (Å²) in [5.41, 5.74) is 3.31. The maximum atomic E-state index is 11.6. The molecule has 3 rings (SSSR count). The standard InChI is InChI=1S/C18H14N4OS2/c1-11-15(12(2)23)7-13(8-19)17(21-11)24-9-14-10-25-18(22-14)16-5-3-4-6-20-16/h3-7,10H,9H2,1-2H3. The first kappa shape index (κ1) is 17.3. The van der Waals surface area contributed by atoms with Gasteiger partial charge in [-0.15, -0.1) is 11.3 Å². The number of thioether (sulfide) groups is 1. The minimum atomic E-state index is -0.0856. The summed E-state index contributed by atoms with van der Waals surface area (Å²) in [4.78, 5) is 24.9. The van der Waals surface area contributed by atoms with E-state index in [4.69, 9.17) is 0 Å². The average Bonchev–Trinajstić information content (AvgIpc) is 3.09. The van der Waals surface area contributed by atoms with Crippen LogP contribution in [-0.4, -0.2) is 20.7 Å². The van der Waals surface area contributed by atoms with E-state index < -0.39 is 0 Å². The van der Waals surface area contributed by atoms with Crippen molar-refractivity contribution in [1.82, 2.24) is 15.0 Å². The third kappa shape index (κ3) is 3.92. The Morgan fingerprint density at radius 3 is 2.88 bits per heavy atom. The summed E-state index contributed by atoms with van der Waals surface area (Å²) >= 11 is 2.99. The van der Waals surface area contributed by atoms with Crippen LogP contribution in [0.3, 0.4) is 0 Å². The lowest BCUT2D eigenvalue weighted by atomic mass is 10.1. The summed E-state index contributed by atoms with van der Waals surface area (Å²) in [5.74, 6) is 0.515. The number of carbonyl (C=O) groups excluding carboxylic acids is 1. The summed E-state index contributed by atoms with van der Waals surface area (Å²) in [5, 5.41) is 12.8. The maximum absolute atomic E-state index is 11.6. The van der Waals surface area contributed by atoms with Gasteiger partial charge in [-0.25, -0.2) is 9.97 Å². The van der Waals surface area contributed by atoms with E-state index >= 15 is 0 Å². The lowest BCUT2D eigenvalue weighted by Crippen LogP contribution is -2.02. The molecule has 0 aliphatic carbocycles. The SMILES string of the molecule is CC(=O)c1cc(C#N)c(SCc2csc(-c3ccccn3)n2)nc1C. The predicted molar refractivity (Wildman–Crippen MR) is 98.6 cm³/mol. The number of hydrogen-bond donors (Lipinski definition) is 0. The predicted octanol–water partition coefficient (Wildman–Crippen LogP) is 4.28. The second-order valence-electron chi connectivity index (χ2n) is 5.29. The molecule has 0 amide bonds. The van der Waals surface area contributed by atoms with Crippen LogP contribution in [0.15, 0.2) is 40.9 Å². The Morgan fingerprint density at radius 1 is 1.36 bits per heavy atom. The summed E-state index contributed by atoms with van der Waals surface area (Å²) in [7, 11) is 0. The number of nitriles is 1. The van der Waals surface area contributed by atoms with Gasteiger partial charge in [0.2, 0.25) is 0 Å². The number of ketones is 1. The molecule has 0 bridgehead atoms. The van der Waals surface area contributed by atoms with E-state index in [-0.39, 0.29) is 5.78 Å². The average molecular weight is 366 g/mol. The van der Waals surface area contributed by atoms with Gasteiger partial charge in [0.05, 0.1) is 17.0 Å². The topological polar surface area (TPSA) is 79.5 Å². The minimum Gasteiger partial charge on any atom is -0.294 e. The molecule has 3 aromatic rings. The van der Waals surface area contributed by atoms with Gasteiger partial charge in [0, 0.05) is 28.6 Å². The number of nitrogens with zero attached hydrogens (tertiary/aromatic N) is 4. The first-order valence-electron chi connectivity index (χ1n) is 7.49. The molecule has 3 heterocycles. The van der Waals surface area contributed by atoms with Crippen molar-refractivity contribution in [1.29, 1.82) is 5.26 Å². The number of carbonyl (C=O) groups is 1. The second kappa shape index (κ2) is 7.55. The molecule has 25 heavy (non-hydrogen) atoms. The molecule has 0 aliphatic heterocycles. The zero-order valence-corrected chi connectivity index (χ0v) is 15.3. The van der Waals surface area contributed by atoms with Crippen LogP contribution in [0, 0.1) is 18.3 Å². The van der Waals surface area contributed by atoms with Crippen LogP contribution >= 0.6 is 23.1 Å². The highest BCUT2D eigenvalue weighted by molar-refractivity contribution is 7.98. The third-order valence-electron chi connectivity index (χ3n) is 3.47. The van der Waals surface area contributed by atoms with Crippen molar-refractivity contribution in [3.8, 4) is 16.8 Å². The van der Waals surface area contributed by atoms with Crippen molar-refractivity contribution in [3.63, 3.8) is 0 Å². The molecule has 0 fully saturated rings. The van der Waals surface area contributed by atoms with Crippen LogP contribution in [0.2, 0.25) is 0 Å². The normalized spacial score (nSPS) is 10.4. The first-order valence-corrected chi connectivity index (χ1v) is 9.36. The van der Waals surface area contributed by atoms with E-state index in [2.05, 4.69) is 21.0 Å². The van der Waals surface area contributed by atoms with Gasteiger partial charge in [-0.2, -0.15) is 5.26 Å². The number of pyridine rings is 2. The van der Waals surface area contributed by atoms with Crippen LogP contribution in [0.1, 0.15) is 34.2 Å². The largest absolute Gasteiger partial charge is 0.294 e. The molecule has 3 aromatic heterocycles. The Kier molecular flexibility index (Phi) is 5.22. The van der Waals surface area contributed by atoms with Crippen LogP contribution in [0.25, 0.3) is 10.7 Å². The Morgan fingerprint density at radius 2 is 2.20 bits per heavy atom. The van der Waals surface area contributed by atoms with E-state index in [1.165, 1.54) is 18.7 Å². The molecule has 5 nitrogen and oxygen atoms in total. The highest BCUT2D eigenvalue weighted by Crippen LogP contribution is 2.28. The smallest absolute Gasteiger partial charge is 0.161 e. The Hall–Kier alpha value is -2.56. The van der Waals surface area contributed by atoms with Crippen LogP contribution in [-0.2, 0) is 5.75 Å². The van der Waals surface area contributed by atoms with E-state index in [1.54, 1.807) is 30.5 Å². The van der Waals surface area contributed by atoms with Crippen molar-refractivity contribution in [2.45, 2.75) is 24.6 Å². The van der Waals surface area contributed by atoms with Crippen molar-refractivity contribution in [3.05, 3.63) is 58.4 Å². The zero-order chi connectivity index (χ0) is 17.8. The minimum absolute atomic E-state index is 0.0856. The summed E-state index contributed by atoms with van der Waals surface area (Å²) in [6, 6.07) is 9.47. The lowest BCUT2D eigenvalue weighted by Gasteiger charge is -2.07. The highest BCUT2D eigenvalue weighted by atomic mass is 32.2. The number of aromatic nitrogens is 3. The zero-order valence-electron chi connectivity index (χ0n) is 13.7. The number of thiazole rings is 1. The molecule has 0 saturated carbocycles. The second-order valence-corrected chi connectivity index (χ2v) is 7.11.